The normalized spacial score (nSPS) is 10.3. The molecule has 2 rings (SSSR count). The monoisotopic (exact) mass is 247 g/mol. The van der Waals surface area contributed by atoms with Gasteiger partial charge in [0.25, 0.3) is 0 Å². The minimum atomic E-state index is -0.292. The summed E-state index contributed by atoms with van der Waals surface area (Å²) in [6.45, 7) is 0.349. The first kappa shape index (κ1) is 12.3. The number of carbonyl (C=O) groups is 1. The lowest BCUT2D eigenvalue weighted by Crippen LogP contribution is -2.22. The summed E-state index contributed by atoms with van der Waals surface area (Å²) in [5.74, 6) is -0.347. The number of aryl methyl sites for hydroxylation is 1. The van der Waals surface area contributed by atoms with Crippen molar-refractivity contribution in [3.8, 4) is 0 Å². The smallest absolute Gasteiger partial charge is 0.220 e. The van der Waals surface area contributed by atoms with Crippen LogP contribution in [0.1, 0.15) is 17.5 Å². The lowest BCUT2D eigenvalue weighted by atomic mass is 10.2. The van der Waals surface area contributed by atoms with Gasteiger partial charge in [0.1, 0.15) is 5.82 Å². The summed E-state index contributed by atoms with van der Waals surface area (Å²) < 4.78 is 12.9. The molecule has 0 radical (unpaired) electrons. The molecule has 1 heterocycles. The number of halogens is 1. The molecular formula is C13H14FN3O. The third-order valence-corrected chi connectivity index (χ3v) is 2.57. The van der Waals surface area contributed by atoms with E-state index >= 15 is 0 Å². The highest BCUT2D eigenvalue weighted by Gasteiger charge is 2.03. The minimum absolute atomic E-state index is 0.0551. The maximum absolute atomic E-state index is 12.9. The summed E-state index contributed by atoms with van der Waals surface area (Å²) in [5, 5.41) is 9.25. The van der Waals surface area contributed by atoms with Gasteiger partial charge in [-0.3, -0.25) is 9.89 Å². The third kappa shape index (κ3) is 3.69. The molecule has 1 aromatic heterocycles. The second-order valence-electron chi connectivity index (χ2n) is 4.01. The largest absolute Gasteiger partial charge is 0.352 e. The summed E-state index contributed by atoms with van der Waals surface area (Å²) in [6, 6.07) is 6.20. The second-order valence-corrected chi connectivity index (χ2v) is 4.01. The number of hydrogen-bond acceptors (Lipinski definition) is 2. The quantitative estimate of drug-likeness (QED) is 0.846. The Morgan fingerprint density at radius 2 is 2.28 bits per heavy atom. The predicted octanol–water partition coefficient (Wildman–Crippen LogP) is 1.80. The maximum atomic E-state index is 12.9. The first-order chi connectivity index (χ1) is 8.74. The topological polar surface area (TPSA) is 57.8 Å². The van der Waals surface area contributed by atoms with Gasteiger partial charge in [-0.1, -0.05) is 12.1 Å². The number of nitrogens with zero attached hydrogens (tertiary/aromatic N) is 1. The molecule has 4 nitrogen and oxygen atoms in total. The van der Waals surface area contributed by atoms with E-state index in [1.165, 1.54) is 12.1 Å². The number of aromatic amines is 1. The van der Waals surface area contributed by atoms with Gasteiger partial charge in [-0.2, -0.15) is 5.10 Å². The van der Waals surface area contributed by atoms with Crippen LogP contribution in [-0.2, 0) is 17.8 Å². The number of hydrogen-bond donors (Lipinski definition) is 2. The van der Waals surface area contributed by atoms with Crippen LogP contribution in [0.15, 0.2) is 36.7 Å². The fourth-order valence-electron chi connectivity index (χ4n) is 1.61. The molecule has 0 unspecified atom stereocenters. The first-order valence-corrected chi connectivity index (χ1v) is 5.73. The Kier molecular flexibility index (Phi) is 4.06. The van der Waals surface area contributed by atoms with Crippen molar-refractivity contribution >= 4 is 5.91 Å². The zero-order chi connectivity index (χ0) is 12.8. The SMILES string of the molecule is O=C(CCc1cn[nH]c1)NCc1cccc(F)c1. The summed E-state index contributed by atoms with van der Waals surface area (Å²) in [7, 11) is 0. The van der Waals surface area contributed by atoms with E-state index in [2.05, 4.69) is 15.5 Å². The molecule has 0 saturated carbocycles. The Morgan fingerprint density at radius 1 is 1.39 bits per heavy atom. The highest BCUT2D eigenvalue weighted by atomic mass is 19.1. The number of aromatic nitrogens is 2. The van der Waals surface area contributed by atoms with Crippen LogP contribution in [0.5, 0.6) is 0 Å². The molecule has 5 heteroatoms. The molecule has 0 saturated heterocycles. The van der Waals surface area contributed by atoms with Crippen LogP contribution in [0.4, 0.5) is 4.39 Å². The molecule has 1 aromatic carbocycles. The molecule has 0 aliphatic heterocycles. The van der Waals surface area contributed by atoms with Gasteiger partial charge in [0, 0.05) is 19.2 Å². The van der Waals surface area contributed by atoms with Crippen LogP contribution in [0.2, 0.25) is 0 Å². The van der Waals surface area contributed by atoms with E-state index in [-0.39, 0.29) is 11.7 Å². The molecule has 0 bridgehead atoms. The molecular weight excluding hydrogens is 233 g/mol. The standard InChI is InChI=1S/C13H14FN3O/c14-12-3-1-2-10(6-12)7-15-13(18)5-4-11-8-16-17-9-11/h1-3,6,8-9H,4-5,7H2,(H,15,18)(H,16,17). The summed E-state index contributed by atoms with van der Waals surface area (Å²) in [6.07, 6.45) is 4.50. The van der Waals surface area contributed by atoms with E-state index in [1.807, 2.05) is 0 Å². The van der Waals surface area contributed by atoms with Gasteiger partial charge in [-0.05, 0) is 29.7 Å². The molecule has 0 fully saturated rings. The van der Waals surface area contributed by atoms with Crippen molar-refractivity contribution in [2.45, 2.75) is 19.4 Å². The van der Waals surface area contributed by atoms with E-state index in [0.29, 0.717) is 19.4 Å². The van der Waals surface area contributed by atoms with Gasteiger partial charge in [0.15, 0.2) is 0 Å². The van der Waals surface area contributed by atoms with Crippen LogP contribution in [0.25, 0.3) is 0 Å². The van der Waals surface area contributed by atoms with Crippen LogP contribution >= 0.6 is 0 Å². The van der Waals surface area contributed by atoms with Gasteiger partial charge < -0.3 is 5.32 Å². The van der Waals surface area contributed by atoms with E-state index in [0.717, 1.165) is 11.1 Å². The Hall–Kier alpha value is -2.17. The highest BCUT2D eigenvalue weighted by Crippen LogP contribution is 2.03. The average molecular weight is 247 g/mol. The van der Waals surface area contributed by atoms with Crippen molar-refractivity contribution in [3.63, 3.8) is 0 Å². The van der Waals surface area contributed by atoms with Crippen LogP contribution in [0.3, 0.4) is 0 Å². The minimum Gasteiger partial charge on any atom is -0.352 e. The molecule has 18 heavy (non-hydrogen) atoms. The van der Waals surface area contributed by atoms with Gasteiger partial charge in [-0.15, -0.1) is 0 Å². The number of amides is 1. The fraction of sp³-hybridized carbons (Fsp3) is 0.231. The van der Waals surface area contributed by atoms with Crippen molar-refractivity contribution < 1.29 is 9.18 Å². The van der Waals surface area contributed by atoms with Crippen molar-refractivity contribution in [3.05, 3.63) is 53.6 Å². The second kappa shape index (κ2) is 5.95. The van der Waals surface area contributed by atoms with Crippen molar-refractivity contribution in [2.24, 2.45) is 0 Å². The molecule has 2 aromatic rings. The van der Waals surface area contributed by atoms with E-state index in [1.54, 1.807) is 24.5 Å². The van der Waals surface area contributed by atoms with E-state index < -0.39 is 0 Å². The zero-order valence-corrected chi connectivity index (χ0v) is 9.82. The molecule has 0 aliphatic carbocycles. The number of H-pyrrole nitrogens is 1. The molecule has 0 spiro atoms. The van der Waals surface area contributed by atoms with Crippen molar-refractivity contribution in [1.82, 2.24) is 15.5 Å². The molecule has 2 N–H and O–H groups in total. The van der Waals surface area contributed by atoms with Crippen LogP contribution in [-0.4, -0.2) is 16.1 Å². The summed E-state index contributed by atoms with van der Waals surface area (Å²) in [5.41, 5.74) is 1.75. The van der Waals surface area contributed by atoms with Gasteiger partial charge in [-0.25, -0.2) is 4.39 Å². The molecule has 0 atom stereocenters. The molecule has 1 amide bonds. The number of nitrogens with one attached hydrogen (secondary N) is 2. The Morgan fingerprint density at radius 3 is 3.00 bits per heavy atom. The zero-order valence-electron chi connectivity index (χ0n) is 9.82. The first-order valence-electron chi connectivity index (χ1n) is 5.73. The Bertz CT molecular complexity index is 511. The predicted molar refractivity (Wildman–Crippen MR) is 65.2 cm³/mol. The average Bonchev–Trinajstić information content (AvgIpc) is 2.87. The van der Waals surface area contributed by atoms with Gasteiger partial charge in [0.05, 0.1) is 6.20 Å². The lowest BCUT2D eigenvalue weighted by molar-refractivity contribution is -0.121. The summed E-state index contributed by atoms with van der Waals surface area (Å²) in [4.78, 5) is 11.6. The lowest BCUT2D eigenvalue weighted by Gasteiger charge is -2.04. The number of rotatable bonds is 5. The number of carbonyl (C=O) groups excluding carboxylic acids is 1. The van der Waals surface area contributed by atoms with Gasteiger partial charge in [0.2, 0.25) is 5.91 Å². The van der Waals surface area contributed by atoms with E-state index in [9.17, 15) is 9.18 Å². The molecule has 94 valence electrons. The van der Waals surface area contributed by atoms with Crippen molar-refractivity contribution in [2.75, 3.05) is 0 Å². The number of benzene rings is 1. The van der Waals surface area contributed by atoms with Crippen LogP contribution in [0, 0.1) is 5.82 Å². The van der Waals surface area contributed by atoms with Gasteiger partial charge >= 0.3 is 0 Å². The fourth-order valence-corrected chi connectivity index (χ4v) is 1.61. The highest BCUT2D eigenvalue weighted by molar-refractivity contribution is 5.76. The van der Waals surface area contributed by atoms with E-state index in [4.69, 9.17) is 0 Å². The van der Waals surface area contributed by atoms with Crippen LogP contribution < -0.4 is 5.32 Å². The molecule has 0 aliphatic rings. The maximum Gasteiger partial charge on any atom is 0.220 e. The Balaban J connectivity index is 1.75. The van der Waals surface area contributed by atoms with Crippen molar-refractivity contribution in [1.29, 1.82) is 0 Å². The third-order valence-electron chi connectivity index (χ3n) is 2.57. The Labute approximate surface area is 104 Å². The summed E-state index contributed by atoms with van der Waals surface area (Å²) >= 11 is 0.